The van der Waals surface area contributed by atoms with Gasteiger partial charge in [-0.1, -0.05) is 25.1 Å². The predicted molar refractivity (Wildman–Crippen MR) is 97.4 cm³/mol. The molecule has 2 aromatic rings. The van der Waals surface area contributed by atoms with E-state index in [1.54, 1.807) is 31.2 Å². The number of hydrogen-bond acceptors (Lipinski definition) is 4. The zero-order valence-corrected chi connectivity index (χ0v) is 14.7. The van der Waals surface area contributed by atoms with Crippen molar-refractivity contribution in [3.05, 3.63) is 81.5 Å². The van der Waals surface area contributed by atoms with Crippen molar-refractivity contribution in [1.82, 2.24) is 5.06 Å². The molecule has 0 fully saturated rings. The summed E-state index contributed by atoms with van der Waals surface area (Å²) in [5, 5.41) is 13.9. The van der Waals surface area contributed by atoms with Crippen molar-refractivity contribution in [1.29, 1.82) is 0 Å². The molecule has 0 saturated carbocycles. The summed E-state index contributed by atoms with van der Waals surface area (Å²) in [6.45, 7) is 6.03. The molecule has 0 aromatic heterocycles. The number of nitroso groups, excluding NO2 is 1. The lowest BCUT2D eigenvalue weighted by atomic mass is 10.0. The zero-order chi connectivity index (χ0) is 18.0. The van der Waals surface area contributed by atoms with Crippen LogP contribution in [0.3, 0.4) is 0 Å². The van der Waals surface area contributed by atoms with Crippen molar-refractivity contribution in [3.8, 4) is 5.75 Å². The standard InChI is InChI=1S/C20H22N2O3/c1-4-18-19(15-9-7-6-8-10-15)22(24)20(3,21(18)23)16-11-13-17(14-12-16)25-5-2/h6-14H,4-5H2,1-3H3/t20-/m0/s1. The second kappa shape index (κ2) is 6.69. The van der Waals surface area contributed by atoms with Crippen LogP contribution in [-0.2, 0) is 5.66 Å². The van der Waals surface area contributed by atoms with Crippen LogP contribution in [0.1, 0.15) is 38.3 Å². The number of ether oxygens (including phenoxy) is 1. The molecule has 2 aromatic carbocycles. The average molecular weight is 338 g/mol. The Morgan fingerprint density at radius 2 is 1.72 bits per heavy atom. The average Bonchev–Trinajstić information content (AvgIpc) is 2.84. The zero-order valence-electron chi connectivity index (χ0n) is 14.7. The van der Waals surface area contributed by atoms with E-state index in [2.05, 4.69) is 0 Å². The van der Waals surface area contributed by atoms with E-state index in [1.165, 1.54) is 0 Å². The first-order chi connectivity index (χ1) is 12.0. The van der Waals surface area contributed by atoms with Gasteiger partial charge in [0.15, 0.2) is 0 Å². The second-order valence-electron chi connectivity index (χ2n) is 6.08. The van der Waals surface area contributed by atoms with Crippen LogP contribution < -0.4 is 4.74 Å². The molecule has 0 aliphatic carbocycles. The first-order valence-electron chi connectivity index (χ1n) is 8.50. The van der Waals surface area contributed by atoms with Gasteiger partial charge in [-0.3, -0.25) is 0 Å². The van der Waals surface area contributed by atoms with E-state index in [0.717, 1.165) is 21.1 Å². The van der Waals surface area contributed by atoms with Crippen molar-refractivity contribution in [2.75, 3.05) is 6.61 Å². The minimum absolute atomic E-state index is 0.439. The lowest BCUT2D eigenvalue weighted by Crippen LogP contribution is -2.41. The van der Waals surface area contributed by atoms with Gasteiger partial charge in [0.05, 0.1) is 22.6 Å². The van der Waals surface area contributed by atoms with Crippen molar-refractivity contribution >= 4 is 5.70 Å². The first-order valence-corrected chi connectivity index (χ1v) is 8.50. The molecule has 1 aliphatic heterocycles. The van der Waals surface area contributed by atoms with E-state index in [-0.39, 0.29) is 0 Å². The lowest BCUT2D eigenvalue weighted by molar-refractivity contribution is -0.565. The number of benzene rings is 2. The van der Waals surface area contributed by atoms with Gasteiger partial charge in [0.25, 0.3) is 5.70 Å². The third-order valence-corrected chi connectivity index (χ3v) is 4.61. The molecule has 25 heavy (non-hydrogen) atoms. The van der Waals surface area contributed by atoms with Crippen LogP contribution in [0.4, 0.5) is 0 Å². The van der Waals surface area contributed by atoms with Crippen molar-refractivity contribution < 1.29 is 9.50 Å². The van der Waals surface area contributed by atoms with Crippen molar-refractivity contribution in [2.45, 2.75) is 32.9 Å². The van der Waals surface area contributed by atoms with Crippen LogP contribution in [0, 0.1) is 10.1 Å². The molecule has 0 unspecified atom stereocenters. The smallest absolute Gasteiger partial charge is 0.306 e. The van der Waals surface area contributed by atoms with Crippen molar-refractivity contribution in [2.24, 2.45) is 0 Å². The molecule has 1 aliphatic rings. The molecule has 0 amide bonds. The maximum Gasteiger partial charge on any atom is 0.306 e. The molecule has 1 atom stereocenters. The van der Waals surface area contributed by atoms with Crippen LogP contribution in [0.2, 0.25) is 0 Å². The highest BCUT2D eigenvalue weighted by molar-refractivity contribution is 5.64. The lowest BCUT2D eigenvalue weighted by Gasteiger charge is -2.35. The molecular formula is C20H22N2O3. The van der Waals surface area contributed by atoms with Gasteiger partial charge in [-0.15, -0.1) is 0 Å². The maximum absolute atomic E-state index is 13.2. The Labute approximate surface area is 147 Å². The monoisotopic (exact) mass is 338 g/mol. The fraction of sp³-hybridized carbons (Fsp3) is 0.300. The van der Waals surface area contributed by atoms with E-state index in [0.29, 0.717) is 30.0 Å². The van der Waals surface area contributed by atoms with Gasteiger partial charge >= 0.3 is 5.66 Å². The number of rotatable bonds is 5. The minimum atomic E-state index is -1.33. The summed E-state index contributed by atoms with van der Waals surface area (Å²) in [5.41, 5.74) is 0.996. The molecular weight excluding hydrogens is 316 g/mol. The van der Waals surface area contributed by atoms with Crippen LogP contribution >= 0.6 is 0 Å². The van der Waals surface area contributed by atoms with Gasteiger partial charge in [-0.25, -0.2) is 0 Å². The summed E-state index contributed by atoms with van der Waals surface area (Å²) in [7, 11) is 0. The van der Waals surface area contributed by atoms with Crippen LogP contribution in [0.25, 0.3) is 5.70 Å². The molecule has 0 bridgehead atoms. The highest BCUT2D eigenvalue weighted by Gasteiger charge is 2.54. The van der Waals surface area contributed by atoms with Gasteiger partial charge in [0.2, 0.25) is 0 Å². The van der Waals surface area contributed by atoms with E-state index < -0.39 is 5.66 Å². The third-order valence-electron chi connectivity index (χ3n) is 4.61. The van der Waals surface area contributed by atoms with Crippen LogP contribution in [0.5, 0.6) is 5.75 Å². The summed E-state index contributed by atoms with van der Waals surface area (Å²) in [6, 6.07) is 16.5. The Bertz CT molecular complexity index is 799. The summed E-state index contributed by atoms with van der Waals surface area (Å²) in [4.78, 5) is 13.2. The van der Waals surface area contributed by atoms with E-state index in [9.17, 15) is 10.1 Å². The summed E-state index contributed by atoms with van der Waals surface area (Å²) < 4.78 is 6.29. The molecule has 0 saturated heterocycles. The number of allylic oxidation sites excluding steroid dienone is 1. The Morgan fingerprint density at radius 1 is 1.08 bits per heavy atom. The largest absolute Gasteiger partial charge is 0.753 e. The Morgan fingerprint density at radius 3 is 2.28 bits per heavy atom. The molecule has 1 heterocycles. The van der Waals surface area contributed by atoms with Gasteiger partial charge in [-0.2, -0.15) is 0 Å². The molecule has 0 spiro atoms. The van der Waals surface area contributed by atoms with E-state index >= 15 is 0 Å². The second-order valence-corrected chi connectivity index (χ2v) is 6.08. The molecule has 0 radical (unpaired) electrons. The van der Waals surface area contributed by atoms with Crippen LogP contribution in [-0.4, -0.2) is 16.4 Å². The first kappa shape index (κ1) is 17.2. The normalized spacial score (nSPS) is 20.3. The summed E-state index contributed by atoms with van der Waals surface area (Å²) in [5.74, 6) is 0.717. The number of nitrogens with zero attached hydrogens (tertiary/aromatic N) is 2. The fourth-order valence-corrected chi connectivity index (χ4v) is 3.24. The molecule has 5 nitrogen and oxygen atoms in total. The Kier molecular flexibility index (Phi) is 4.59. The number of hydroxylamine groups is 2. The Hall–Kier alpha value is -2.66. The molecule has 3 rings (SSSR count). The quantitative estimate of drug-likeness (QED) is 0.746. The van der Waals surface area contributed by atoms with Gasteiger partial charge in [-0.05, 0) is 49.7 Å². The highest BCUT2D eigenvalue weighted by atomic mass is 16.5. The van der Waals surface area contributed by atoms with Crippen LogP contribution in [0.15, 0.2) is 60.3 Å². The van der Waals surface area contributed by atoms with E-state index in [4.69, 9.17) is 4.74 Å². The molecule has 5 heteroatoms. The van der Waals surface area contributed by atoms with E-state index in [1.807, 2.05) is 44.2 Å². The highest BCUT2D eigenvalue weighted by Crippen LogP contribution is 2.45. The van der Waals surface area contributed by atoms with Crippen molar-refractivity contribution in [3.63, 3.8) is 0 Å². The maximum atomic E-state index is 13.2. The number of hydrogen-bond donors (Lipinski definition) is 0. The van der Waals surface area contributed by atoms with Gasteiger partial charge in [0, 0.05) is 17.4 Å². The SMILES string of the molecule is CCOc1ccc([C@@]2(C)N([O-])C(CC)=C(c3ccccc3)[N+]2=O)cc1. The summed E-state index contributed by atoms with van der Waals surface area (Å²) >= 11 is 0. The molecule has 130 valence electrons. The topological polar surface area (TPSA) is 55.6 Å². The summed E-state index contributed by atoms with van der Waals surface area (Å²) in [6.07, 6.45) is 0.485. The van der Waals surface area contributed by atoms with Gasteiger partial charge < -0.3 is 15.0 Å². The minimum Gasteiger partial charge on any atom is -0.753 e. The van der Waals surface area contributed by atoms with Gasteiger partial charge in [0.1, 0.15) is 5.75 Å². The molecule has 0 N–H and O–H groups in total. The third kappa shape index (κ3) is 2.70. The Balaban J connectivity index is 2.05. The predicted octanol–water partition coefficient (Wildman–Crippen LogP) is 4.63. The fourth-order valence-electron chi connectivity index (χ4n) is 3.24.